The largest absolute Gasteiger partial charge is 0.0648 e. The topological polar surface area (TPSA) is 0 Å². The molecule has 0 saturated heterocycles. The molecule has 168 valence electrons. The van der Waals surface area contributed by atoms with Gasteiger partial charge in [-0.05, 0) is 110 Å². The van der Waals surface area contributed by atoms with Crippen LogP contribution in [0.4, 0.5) is 0 Å². The maximum atomic E-state index is 2.79. The van der Waals surface area contributed by atoms with E-state index >= 15 is 0 Å². The lowest BCUT2D eigenvalue weighted by atomic mass is 9.42. The van der Waals surface area contributed by atoms with E-state index in [9.17, 15) is 0 Å². The monoisotopic (exact) mass is 400 g/mol. The van der Waals surface area contributed by atoms with Gasteiger partial charge in [0.25, 0.3) is 0 Å². The van der Waals surface area contributed by atoms with Crippen molar-refractivity contribution < 1.29 is 0 Å². The molecule has 0 nitrogen and oxygen atoms in total. The molecule has 1 unspecified atom stereocenters. The standard InChI is InChI=1S/C29H52/c1-7-29(22(4)12-10-11-21(2)3)20-17-26-24-15-14-23-13-8-9-18-27(23,5)25(24)16-19-28(26,29)6/h21-26H,7-20H2,1-6H3/t22-,23?,24-,25+,26+,27+,28+,29-/m1/s1. The Kier molecular flexibility index (Phi) is 6.25. The first-order chi connectivity index (χ1) is 13.8. The second kappa shape index (κ2) is 8.16. The van der Waals surface area contributed by atoms with Gasteiger partial charge in [-0.15, -0.1) is 0 Å². The van der Waals surface area contributed by atoms with Gasteiger partial charge in [0.2, 0.25) is 0 Å². The normalized spacial score (nSPS) is 48.1. The number of hydrogen-bond acceptors (Lipinski definition) is 0. The summed E-state index contributed by atoms with van der Waals surface area (Å²) in [4.78, 5) is 0. The Balaban J connectivity index is 1.55. The van der Waals surface area contributed by atoms with Crippen molar-refractivity contribution >= 4 is 0 Å². The zero-order valence-corrected chi connectivity index (χ0v) is 20.9. The number of hydrogen-bond donors (Lipinski definition) is 0. The first kappa shape index (κ1) is 22.2. The maximum Gasteiger partial charge on any atom is -0.0218 e. The molecule has 0 heteroatoms. The summed E-state index contributed by atoms with van der Waals surface area (Å²) in [5.74, 6) is 6.00. The molecular weight excluding hydrogens is 348 g/mol. The van der Waals surface area contributed by atoms with E-state index in [1.807, 2.05) is 0 Å². The zero-order chi connectivity index (χ0) is 20.9. The van der Waals surface area contributed by atoms with E-state index in [1.54, 1.807) is 44.9 Å². The van der Waals surface area contributed by atoms with Gasteiger partial charge in [-0.2, -0.15) is 0 Å². The molecule has 0 radical (unpaired) electrons. The van der Waals surface area contributed by atoms with Crippen molar-refractivity contribution in [3.05, 3.63) is 0 Å². The van der Waals surface area contributed by atoms with E-state index < -0.39 is 0 Å². The summed E-state index contributed by atoms with van der Waals surface area (Å²) >= 11 is 0. The second-order valence-corrected chi connectivity index (χ2v) is 13.1. The van der Waals surface area contributed by atoms with Crippen LogP contribution in [0.2, 0.25) is 0 Å². The molecule has 4 aliphatic rings. The fraction of sp³-hybridized carbons (Fsp3) is 1.00. The van der Waals surface area contributed by atoms with Crippen LogP contribution in [0.15, 0.2) is 0 Å². The average molecular weight is 401 g/mol. The van der Waals surface area contributed by atoms with Crippen LogP contribution in [0.1, 0.15) is 131 Å². The second-order valence-electron chi connectivity index (χ2n) is 13.1. The summed E-state index contributed by atoms with van der Waals surface area (Å²) < 4.78 is 0. The highest BCUT2D eigenvalue weighted by atomic mass is 14.7. The predicted octanol–water partition coefficient (Wildman–Crippen LogP) is 9.28. The Morgan fingerprint density at radius 2 is 1.55 bits per heavy atom. The summed E-state index contributed by atoms with van der Waals surface area (Å²) in [5.41, 5.74) is 1.95. The van der Waals surface area contributed by atoms with Crippen LogP contribution in [0.5, 0.6) is 0 Å². The molecule has 0 aromatic rings. The van der Waals surface area contributed by atoms with Crippen molar-refractivity contribution in [1.82, 2.24) is 0 Å². The lowest BCUT2D eigenvalue weighted by Crippen LogP contribution is -2.55. The first-order valence-electron chi connectivity index (χ1n) is 13.8. The van der Waals surface area contributed by atoms with Crippen LogP contribution < -0.4 is 0 Å². The van der Waals surface area contributed by atoms with Crippen LogP contribution in [0.3, 0.4) is 0 Å². The highest BCUT2D eigenvalue weighted by Gasteiger charge is 2.64. The number of fused-ring (bicyclic) bond motifs is 5. The molecular formula is C29H52. The van der Waals surface area contributed by atoms with E-state index in [4.69, 9.17) is 0 Å². The van der Waals surface area contributed by atoms with Crippen LogP contribution in [0.25, 0.3) is 0 Å². The third-order valence-corrected chi connectivity index (χ3v) is 12.0. The molecule has 0 N–H and O–H groups in total. The quantitative estimate of drug-likeness (QED) is 0.416. The number of rotatable bonds is 6. The molecule has 0 heterocycles. The summed E-state index contributed by atoms with van der Waals surface area (Å²) in [5, 5.41) is 0. The minimum absolute atomic E-state index is 0.623. The van der Waals surface area contributed by atoms with Crippen LogP contribution in [0, 0.1) is 51.8 Å². The Labute approximate surface area is 183 Å². The molecule has 8 atom stereocenters. The summed E-state index contributed by atoms with van der Waals surface area (Å²) in [6.45, 7) is 15.5. The minimum atomic E-state index is 0.623. The SMILES string of the molecule is CC[C@]1([C@H](C)CCCC(C)C)CC[C@H]2[C@@H]3CCC4CCCC[C@]4(C)[C@H]3CC[C@@]21C. The van der Waals surface area contributed by atoms with Gasteiger partial charge >= 0.3 is 0 Å². The Morgan fingerprint density at radius 1 is 0.793 bits per heavy atom. The molecule has 4 saturated carbocycles. The van der Waals surface area contributed by atoms with Gasteiger partial charge in [-0.1, -0.05) is 73.6 Å². The Hall–Kier alpha value is 0. The molecule has 4 aliphatic carbocycles. The molecule has 0 amide bonds. The summed E-state index contributed by atoms with van der Waals surface area (Å²) in [6, 6.07) is 0. The maximum absolute atomic E-state index is 2.79. The van der Waals surface area contributed by atoms with E-state index in [2.05, 4.69) is 41.5 Å². The van der Waals surface area contributed by atoms with Gasteiger partial charge in [0, 0.05) is 0 Å². The average Bonchev–Trinajstić information content (AvgIpc) is 3.00. The summed E-state index contributed by atoms with van der Waals surface area (Å²) in [6.07, 6.45) is 21.3. The van der Waals surface area contributed by atoms with E-state index in [1.165, 1.54) is 44.9 Å². The molecule has 0 aromatic heterocycles. The Bertz CT molecular complexity index is 562. The fourth-order valence-corrected chi connectivity index (χ4v) is 10.3. The van der Waals surface area contributed by atoms with Gasteiger partial charge < -0.3 is 0 Å². The fourth-order valence-electron chi connectivity index (χ4n) is 10.3. The summed E-state index contributed by atoms with van der Waals surface area (Å²) in [7, 11) is 0. The van der Waals surface area contributed by atoms with Gasteiger partial charge in [0.15, 0.2) is 0 Å². The Morgan fingerprint density at radius 3 is 2.28 bits per heavy atom. The zero-order valence-electron chi connectivity index (χ0n) is 20.9. The van der Waals surface area contributed by atoms with Gasteiger partial charge in [-0.25, -0.2) is 0 Å². The van der Waals surface area contributed by atoms with Crippen molar-refractivity contribution in [3.8, 4) is 0 Å². The minimum Gasteiger partial charge on any atom is -0.0648 e. The lowest BCUT2D eigenvalue weighted by Gasteiger charge is -2.62. The van der Waals surface area contributed by atoms with Gasteiger partial charge in [-0.3, -0.25) is 0 Å². The molecule has 4 fully saturated rings. The van der Waals surface area contributed by atoms with E-state index in [0.717, 1.165) is 35.5 Å². The first-order valence-corrected chi connectivity index (χ1v) is 13.8. The van der Waals surface area contributed by atoms with Crippen molar-refractivity contribution in [2.75, 3.05) is 0 Å². The third kappa shape index (κ3) is 3.36. The molecule has 0 bridgehead atoms. The van der Waals surface area contributed by atoms with E-state index in [-0.39, 0.29) is 0 Å². The molecule has 29 heavy (non-hydrogen) atoms. The van der Waals surface area contributed by atoms with Crippen LogP contribution in [-0.2, 0) is 0 Å². The third-order valence-electron chi connectivity index (χ3n) is 12.0. The van der Waals surface area contributed by atoms with Gasteiger partial charge in [0.1, 0.15) is 0 Å². The predicted molar refractivity (Wildman–Crippen MR) is 127 cm³/mol. The van der Waals surface area contributed by atoms with Crippen molar-refractivity contribution in [2.24, 2.45) is 51.8 Å². The van der Waals surface area contributed by atoms with Crippen LogP contribution >= 0.6 is 0 Å². The van der Waals surface area contributed by atoms with Crippen molar-refractivity contribution in [1.29, 1.82) is 0 Å². The molecule has 4 rings (SSSR count). The van der Waals surface area contributed by atoms with Crippen molar-refractivity contribution in [2.45, 2.75) is 131 Å². The van der Waals surface area contributed by atoms with Crippen molar-refractivity contribution in [3.63, 3.8) is 0 Å². The molecule has 0 aliphatic heterocycles. The smallest absolute Gasteiger partial charge is 0.0218 e. The van der Waals surface area contributed by atoms with E-state index in [0.29, 0.717) is 16.2 Å². The van der Waals surface area contributed by atoms with Gasteiger partial charge in [0.05, 0.1) is 0 Å². The highest BCUT2D eigenvalue weighted by molar-refractivity contribution is 5.13. The highest BCUT2D eigenvalue weighted by Crippen LogP contribution is 2.73. The molecule has 0 aromatic carbocycles. The van der Waals surface area contributed by atoms with Crippen LogP contribution in [-0.4, -0.2) is 0 Å². The lowest BCUT2D eigenvalue weighted by molar-refractivity contribution is -0.136. The molecule has 0 spiro atoms.